The summed E-state index contributed by atoms with van der Waals surface area (Å²) in [5.41, 5.74) is 1.48. The fourth-order valence-corrected chi connectivity index (χ4v) is 3.04. The van der Waals surface area contributed by atoms with Gasteiger partial charge in [0.05, 0.1) is 11.7 Å². The summed E-state index contributed by atoms with van der Waals surface area (Å²) in [6.07, 6.45) is 5.30. The van der Waals surface area contributed by atoms with E-state index < -0.39 is 5.69 Å². The normalized spacial score (nSPS) is 11.8. The van der Waals surface area contributed by atoms with E-state index in [2.05, 4.69) is 15.3 Å². The predicted molar refractivity (Wildman–Crippen MR) is 91.6 cm³/mol. The van der Waals surface area contributed by atoms with Gasteiger partial charge in [0.15, 0.2) is 0 Å². The highest BCUT2D eigenvalue weighted by atomic mass is 32.1. The van der Waals surface area contributed by atoms with Crippen molar-refractivity contribution in [2.24, 2.45) is 0 Å². The first-order valence-electron chi connectivity index (χ1n) is 7.45. The molecule has 3 aromatic heterocycles. The molecule has 1 N–H and O–H groups in total. The number of thiophene rings is 1. The maximum absolute atomic E-state index is 12.4. The molecule has 122 valence electrons. The van der Waals surface area contributed by atoms with Crippen molar-refractivity contribution in [3.8, 4) is 0 Å². The average molecular weight is 340 g/mol. The Morgan fingerprint density at radius 2 is 2.08 bits per heavy atom. The van der Waals surface area contributed by atoms with Crippen molar-refractivity contribution in [2.45, 2.75) is 19.0 Å². The van der Waals surface area contributed by atoms with Crippen LogP contribution in [0.15, 0.2) is 64.5 Å². The molecule has 0 unspecified atom stereocenters. The summed E-state index contributed by atoms with van der Waals surface area (Å²) in [4.78, 5) is 32.0. The molecular formula is C17H16N4O2S. The van der Waals surface area contributed by atoms with Gasteiger partial charge in [0, 0.05) is 18.6 Å². The van der Waals surface area contributed by atoms with Crippen LogP contribution in [0.4, 0.5) is 0 Å². The molecule has 3 rings (SSSR count). The summed E-state index contributed by atoms with van der Waals surface area (Å²) in [6, 6.07) is 9.01. The Bertz CT molecular complexity index is 846. The lowest BCUT2D eigenvalue weighted by Gasteiger charge is -2.18. The Morgan fingerprint density at radius 1 is 1.21 bits per heavy atom. The molecule has 1 amide bonds. The molecule has 0 saturated heterocycles. The summed E-state index contributed by atoms with van der Waals surface area (Å²) in [6.45, 7) is -0.0698. The second-order valence-electron chi connectivity index (χ2n) is 5.24. The van der Waals surface area contributed by atoms with Crippen molar-refractivity contribution in [1.82, 2.24) is 19.9 Å². The van der Waals surface area contributed by atoms with Crippen molar-refractivity contribution in [1.29, 1.82) is 0 Å². The van der Waals surface area contributed by atoms with Crippen LogP contribution in [0.2, 0.25) is 0 Å². The monoisotopic (exact) mass is 340 g/mol. The number of rotatable bonds is 6. The first-order chi connectivity index (χ1) is 11.7. The number of pyridine rings is 1. The van der Waals surface area contributed by atoms with E-state index in [9.17, 15) is 9.59 Å². The smallest absolute Gasteiger partial charge is 0.346 e. The lowest BCUT2D eigenvalue weighted by atomic mass is 10.1. The van der Waals surface area contributed by atoms with Gasteiger partial charge in [-0.2, -0.15) is 11.3 Å². The Kier molecular flexibility index (Phi) is 5.12. The molecule has 0 fully saturated rings. The molecule has 3 heterocycles. The van der Waals surface area contributed by atoms with Gasteiger partial charge in [-0.15, -0.1) is 0 Å². The summed E-state index contributed by atoms with van der Waals surface area (Å²) in [5.74, 6) is -0.254. The number of carbonyl (C=O) groups excluding carboxylic acids is 1. The minimum atomic E-state index is -0.445. The SMILES string of the molecule is O=C(Cn1cccnc1=O)N[C@@H](Cc1ccsc1)c1ccccn1. The Hall–Kier alpha value is -2.80. The van der Waals surface area contributed by atoms with Crippen LogP contribution in [0.5, 0.6) is 0 Å². The molecule has 0 aliphatic carbocycles. The van der Waals surface area contributed by atoms with Crippen LogP contribution < -0.4 is 11.0 Å². The van der Waals surface area contributed by atoms with Gasteiger partial charge in [0.1, 0.15) is 6.54 Å². The van der Waals surface area contributed by atoms with Crippen LogP contribution in [-0.2, 0) is 17.8 Å². The highest BCUT2D eigenvalue weighted by Crippen LogP contribution is 2.18. The second-order valence-corrected chi connectivity index (χ2v) is 6.02. The average Bonchev–Trinajstić information content (AvgIpc) is 3.10. The zero-order valence-corrected chi connectivity index (χ0v) is 13.6. The maximum atomic E-state index is 12.4. The minimum absolute atomic E-state index is 0.0698. The summed E-state index contributed by atoms with van der Waals surface area (Å²) >= 11 is 1.61. The Morgan fingerprint density at radius 3 is 2.79 bits per heavy atom. The summed E-state index contributed by atoms with van der Waals surface area (Å²) < 4.78 is 1.27. The highest BCUT2D eigenvalue weighted by Gasteiger charge is 2.17. The van der Waals surface area contributed by atoms with Crippen molar-refractivity contribution >= 4 is 17.2 Å². The van der Waals surface area contributed by atoms with Crippen LogP contribution in [-0.4, -0.2) is 20.4 Å². The third-order valence-electron chi connectivity index (χ3n) is 3.50. The van der Waals surface area contributed by atoms with E-state index in [4.69, 9.17) is 0 Å². The third kappa shape index (κ3) is 4.14. The molecule has 0 bridgehead atoms. The van der Waals surface area contributed by atoms with Gasteiger partial charge >= 0.3 is 5.69 Å². The van der Waals surface area contributed by atoms with E-state index in [0.717, 1.165) is 11.3 Å². The molecular weight excluding hydrogens is 324 g/mol. The van der Waals surface area contributed by atoms with Crippen LogP contribution in [0, 0.1) is 0 Å². The number of hydrogen-bond donors (Lipinski definition) is 1. The lowest BCUT2D eigenvalue weighted by Crippen LogP contribution is -2.36. The van der Waals surface area contributed by atoms with Crippen molar-refractivity contribution in [2.75, 3.05) is 0 Å². The van der Waals surface area contributed by atoms with Gasteiger partial charge in [-0.1, -0.05) is 6.07 Å². The lowest BCUT2D eigenvalue weighted by molar-refractivity contribution is -0.122. The molecule has 0 aliphatic rings. The molecule has 0 aromatic carbocycles. The first kappa shape index (κ1) is 16.1. The maximum Gasteiger partial charge on any atom is 0.347 e. The number of carbonyl (C=O) groups is 1. The Labute approximate surface area is 142 Å². The van der Waals surface area contributed by atoms with Gasteiger partial charge in [-0.3, -0.25) is 14.3 Å². The minimum Gasteiger partial charge on any atom is -0.346 e. The van der Waals surface area contributed by atoms with Crippen LogP contribution in [0.3, 0.4) is 0 Å². The van der Waals surface area contributed by atoms with Crippen molar-refractivity contribution in [3.05, 3.63) is 81.4 Å². The van der Waals surface area contributed by atoms with Gasteiger partial charge in [-0.25, -0.2) is 9.78 Å². The summed E-state index contributed by atoms with van der Waals surface area (Å²) in [7, 11) is 0. The molecule has 0 radical (unpaired) electrons. The highest BCUT2D eigenvalue weighted by molar-refractivity contribution is 7.07. The number of aromatic nitrogens is 3. The fraction of sp³-hybridized carbons (Fsp3) is 0.176. The van der Waals surface area contributed by atoms with Gasteiger partial charge < -0.3 is 5.32 Å². The second kappa shape index (κ2) is 7.65. The van der Waals surface area contributed by atoms with Crippen LogP contribution in [0.1, 0.15) is 17.3 Å². The van der Waals surface area contributed by atoms with E-state index in [1.165, 1.54) is 10.8 Å². The molecule has 7 heteroatoms. The van der Waals surface area contributed by atoms with Gasteiger partial charge in [-0.05, 0) is 47.0 Å². The van der Waals surface area contributed by atoms with Crippen molar-refractivity contribution < 1.29 is 4.79 Å². The van der Waals surface area contributed by atoms with E-state index in [0.29, 0.717) is 6.42 Å². The number of amides is 1. The number of nitrogens with one attached hydrogen (secondary N) is 1. The standard InChI is InChI=1S/C17H16N4O2S/c22-16(11-21-8-3-7-19-17(21)23)20-15(10-13-5-9-24-12-13)14-4-1-2-6-18-14/h1-9,12,15H,10-11H2,(H,20,22)/t15-/m0/s1. The number of nitrogens with zero attached hydrogens (tertiary/aromatic N) is 3. The molecule has 0 aliphatic heterocycles. The quantitative estimate of drug-likeness (QED) is 0.742. The molecule has 0 spiro atoms. The molecule has 24 heavy (non-hydrogen) atoms. The topological polar surface area (TPSA) is 76.9 Å². The predicted octanol–water partition coefficient (Wildman–Crippen LogP) is 1.80. The first-order valence-corrected chi connectivity index (χ1v) is 8.39. The van der Waals surface area contributed by atoms with Crippen LogP contribution >= 0.6 is 11.3 Å². The van der Waals surface area contributed by atoms with Crippen molar-refractivity contribution in [3.63, 3.8) is 0 Å². The molecule has 3 aromatic rings. The summed E-state index contributed by atoms with van der Waals surface area (Å²) in [5, 5.41) is 7.01. The zero-order valence-electron chi connectivity index (χ0n) is 12.8. The zero-order chi connectivity index (χ0) is 16.8. The van der Waals surface area contributed by atoms with E-state index in [-0.39, 0.29) is 18.5 Å². The largest absolute Gasteiger partial charge is 0.347 e. The van der Waals surface area contributed by atoms with Gasteiger partial charge in [0.25, 0.3) is 0 Å². The molecule has 1 atom stereocenters. The number of hydrogen-bond acceptors (Lipinski definition) is 5. The fourth-order valence-electron chi connectivity index (χ4n) is 2.36. The molecule has 6 nitrogen and oxygen atoms in total. The van der Waals surface area contributed by atoms with Gasteiger partial charge in [0.2, 0.25) is 5.91 Å². The Balaban J connectivity index is 1.75. The third-order valence-corrected chi connectivity index (χ3v) is 4.23. The van der Waals surface area contributed by atoms with Crippen LogP contribution in [0.25, 0.3) is 0 Å². The van der Waals surface area contributed by atoms with E-state index in [1.807, 2.05) is 35.0 Å². The molecule has 0 saturated carbocycles. The van der Waals surface area contributed by atoms with E-state index in [1.54, 1.807) is 29.8 Å². The van der Waals surface area contributed by atoms with E-state index >= 15 is 0 Å².